The summed E-state index contributed by atoms with van der Waals surface area (Å²) in [5.41, 5.74) is 0. The third-order valence-electron chi connectivity index (χ3n) is 1.99. The van der Waals surface area contributed by atoms with E-state index < -0.39 is 43.7 Å². The van der Waals surface area contributed by atoms with Crippen molar-refractivity contribution in [3.8, 4) is 0 Å². The van der Waals surface area contributed by atoms with Gasteiger partial charge in [0.05, 0.1) is 6.61 Å². The Morgan fingerprint density at radius 2 is 1.93 bits per heavy atom. The van der Waals surface area contributed by atoms with E-state index in [9.17, 15) is 15.0 Å². The van der Waals surface area contributed by atoms with Crippen LogP contribution in [0, 0.1) is 0 Å². The van der Waals surface area contributed by atoms with Crippen molar-refractivity contribution in [2.24, 2.45) is 0 Å². The average Bonchev–Trinajstić information content (AvgIpc) is 2.45. The molecule has 0 aromatic carbocycles. The summed E-state index contributed by atoms with van der Waals surface area (Å²) in [6.07, 6.45) is -4.57. The van der Waals surface area contributed by atoms with Crippen LogP contribution in [0.4, 0.5) is 0 Å². The summed E-state index contributed by atoms with van der Waals surface area (Å²) in [6.45, 7) is -1.18. The summed E-state index contributed by atoms with van der Waals surface area (Å²) in [4.78, 5) is 10.7. The van der Waals surface area contributed by atoms with Gasteiger partial charge in [-0.15, -0.1) is 0 Å². The maximum atomic E-state index is 10.7. The van der Waals surface area contributed by atoms with Gasteiger partial charge in [0.2, 0.25) is 5.91 Å². The summed E-state index contributed by atoms with van der Waals surface area (Å²) >= 11 is 0. The summed E-state index contributed by atoms with van der Waals surface area (Å²) in [5.74, 6) is -0.722. The molecular formula is C7H13NO6. The van der Waals surface area contributed by atoms with Gasteiger partial charge in [0.25, 0.3) is 0 Å². The van der Waals surface area contributed by atoms with E-state index in [2.05, 4.69) is 5.32 Å². The zero-order valence-corrected chi connectivity index (χ0v) is 7.33. The minimum Gasteiger partial charge on any atom is -0.394 e. The smallest absolute Gasteiger partial charge is 0.247 e. The highest BCUT2D eigenvalue weighted by molar-refractivity contribution is 5.77. The zero-order chi connectivity index (χ0) is 10.7. The molecule has 4 atom stereocenters. The fraction of sp³-hybridized carbons (Fsp3) is 0.857. The Morgan fingerprint density at radius 1 is 1.29 bits per heavy atom. The third kappa shape index (κ3) is 2.20. The predicted octanol–water partition coefficient (Wildman–Crippen LogP) is -3.47. The van der Waals surface area contributed by atoms with Crippen LogP contribution in [0.1, 0.15) is 0 Å². The van der Waals surface area contributed by atoms with Gasteiger partial charge < -0.3 is 30.5 Å². The predicted molar refractivity (Wildman–Crippen MR) is 43.0 cm³/mol. The summed E-state index contributed by atoms with van der Waals surface area (Å²) in [7, 11) is 0. The quantitative estimate of drug-likeness (QED) is 0.328. The van der Waals surface area contributed by atoms with Gasteiger partial charge in [-0.2, -0.15) is 0 Å². The van der Waals surface area contributed by atoms with Crippen molar-refractivity contribution in [2.75, 3.05) is 13.2 Å². The normalized spacial score (nSPS) is 37.1. The number of aliphatic hydroxyl groups is 4. The van der Waals surface area contributed by atoms with Crippen LogP contribution < -0.4 is 5.32 Å². The zero-order valence-electron chi connectivity index (χ0n) is 7.33. The second kappa shape index (κ2) is 4.67. The highest BCUT2D eigenvalue weighted by Crippen LogP contribution is 2.18. The van der Waals surface area contributed by atoms with Gasteiger partial charge in [-0.05, 0) is 0 Å². The van der Waals surface area contributed by atoms with Crippen LogP contribution in [0.5, 0.6) is 0 Å². The first-order valence-electron chi connectivity index (χ1n) is 4.12. The van der Waals surface area contributed by atoms with E-state index in [1.165, 1.54) is 0 Å². The number of amides is 1. The summed E-state index contributed by atoms with van der Waals surface area (Å²) in [6, 6.07) is 0. The molecule has 5 N–H and O–H groups in total. The van der Waals surface area contributed by atoms with E-state index >= 15 is 0 Å². The second-order valence-electron chi connectivity index (χ2n) is 2.98. The number of nitrogens with one attached hydrogen (secondary N) is 1. The maximum Gasteiger partial charge on any atom is 0.247 e. The molecule has 1 aliphatic heterocycles. The van der Waals surface area contributed by atoms with Crippen molar-refractivity contribution in [1.29, 1.82) is 0 Å². The fourth-order valence-corrected chi connectivity index (χ4v) is 1.22. The molecule has 0 aliphatic carbocycles. The average molecular weight is 207 g/mol. The molecule has 82 valence electrons. The number of carbonyl (C=O) groups is 1. The molecule has 7 nitrogen and oxygen atoms in total. The van der Waals surface area contributed by atoms with E-state index in [1.54, 1.807) is 0 Å². The van der Waals surface area contributed by atoms with Crippen molar-refractivity contribution >= 4 is 5.91 Å². The monoisotopic (exact) mass is 207 g/mol. The Morgan fingerprint density at radius 3 is 2.36 bits per heavy atom. The molecule has 1 amide bonds. The molecule has 0 aromatic heterocycles. The van der Waals surface area contributed by atoms with Crippen molar-refractivity contribution in [3.63, 3.8) is 0 Å². The Balaban J connectivity index is 2.52. The van der Waals surface area contributed by atoms with Crippen LogP contribution in [0.25, 0.3) is 0 Å². The fourth-order valence-electron chi connectivity index (χ4n) is 1.22. The molecule has 1 fully saturated rings. The molecule has 0 aromatic rings. The molecule has 1 rings (SSSR count). The molecule has 0 bridgehead atoms. The molecular weight excluding hydrogens is 194 g/mol. The largest absolute Gasteiger partial charge is 0.394 e. The van der Waals surface area contributed by atoms with E-state index in [4.69, 9.17) is 14.9 Å². The van der Waals surface area contributed by atoms with E-state index in [1.807, 2.05) is 0 Å². The molecule has 0 unspecified atom stereocenters. The van der Waals surface area contributed by atoms with Crippen LogP contribution in [0.2, 0.25) is 0 Å². The minimum atomic E-state index is -1.30. The number of aliphatic hydroxyl groups excluding tert-OH is 4. The Labute approximate surface area is 79.9 Å². The van der Waals surface area contributed by atoms with Gasteiger partial charge in [0.15, 0.2) is 6.23 Å². The Bertz CT molecular complexity index is 210. The maximum absolute atomic E-state index is 10.7. The van der Waals surface area contributed by atoms with Crippen molar-refractivity contribution in [1.82, 2.24) is 5.32 Å². The first kappa shape index (κ1) is 11.3. The number of ether oxygens (including phenoxy) is 1. The molecule has 0 radical (unpaired) electrons. The highest BCUT2D eigenvalue weighted by Gasteiger charge is 2.42. The van der Waals surface area contributed by atoms with Gasteiger partial charge in [-0.25, -0.2) is 0 Å². The summed E-state index contributed by atoms with van der Waals surface area (Å²) < 4.78 is 4.91. The van der Waals surface area contributed by atoms with Gasteiger partial charge >= 0.3 is 0 Å². The Hall–Kier alpha value is -0.730. The first-order valence-corrected chi connectivity index (χ1v) is 4.12. The molecule has 0 spiro atoms. The van der Waals surface area contributed by atoms with Gasteiger partial charge in [-0.3, -0.25) is 4.79 Å². The number of hydrogen-bond donors (Lipinski definition) is 5. The lowest BCUT2D eigenvalue weighted by Gasteiger charge is -2.15. The van der Waals surface area contributed by atoms with Gasteiger partial charge in [0, 0.05) is 0 Å². The Kier molecular flexibility index (Phi) is 3.78. The first-order chi connectivity index (χ1) is 6.60. The number of rotatable bonds is 3. The van der Waals surface area contributed by atoms with Crippen LogP contribution in [-0.2, 0) is 9.53 Å². The van der Waals surface area contributed by atoms with Crippen LogP contribution in [0.15, 0.2) is 0 Å². The molecule has 1 heterocycles. The second-order valence-corrected chi connectivity index (χ2v) is 2.98. The highest BCUT2D eigenvalue weighted by atomic mass is 16.6. The molecule has 7 heteroatoms. The molecule has 1 saturated heterocycles. The van der Waals surface area contributed by atoms with Crippen LogP contribution in [-0.4, -0.2) is 64.1 Å². The minimum absolute atomic E-state index is 0.455. The SMILES string of the molecule is O=C(CO)N[C@H]1O[C@H](CO)[C@@H](O)[C@H]1O. The molecule has 1 aliphatic rings. The van der Waals surface area contributed by atoms with Gasteiger partial charge in [-0.1, -0.05) is 0 Å². The third-order valence-corrected chi connectivity index (χ3v) is 1.99. The molecule has 14 heavy (non-hydrogen) atoms. The lowest BCUT2D eigenvalue weighted by Crippen LogP contribution is -2.44. The molecule has 0 saturated carbocycles. The lowest BCUT2D eigenvalue weighted by atomic mass is 10.1. The number of carbonyl (C=O) groups excluding carboxylic acids is 1. The topological polar surface area (TPSA) is 119 Å². The van der Waals surface area contributed by atoms with Crippen molar-refractivity contribution in [3.05, 3.63) is 0 Å². The van der Waals surface area contributed by atoms with Gasteiger partial charge in [0.1, 0.15) is 24.9 Å². The number of hydrogen-bond acceptors (Lipinski definition) is 6. The van der Waals surface area contributed by atoms with Crippen molar-refractivity contribution in [2.45, 2.75) is 24.5 Å². The standard InChI is InChI=1S/C7H13NO6/c9-1-3-5(12)6(13)7(14-3)8-4(11)2-10/h3,5-7,9-10,12-13H,1-2H2,(H,8,11)/t3-,5-,6-,7+/m1/s1. The van der Waals surface area contributed by atoms with Crippen LogP contribution >= 0.6 is 0 Å². The van der Waals surface area contributed by atoms with E-state index in [0.29, 0.717) is 0 Å². The van der Waals surface area contributed by atoms with Crippen LogP contribution in [0.3, 0.4) is 0 Å². The van der Waals surface area contributed by atoms with E-state index in [-0.39, 0.29) is 0 Å². The van der Waals surface area contributed by atoms with E-state index in [0.717, 1.165) is 0 Å². The summed E-state index contributed by atoms with van der Waals surface area (Å²) in [5, 5.41) is 37.8. The lowest BCUT2D eigenvalue weighted by molar-refractivity contribution is -0.130. The van der Waals surface area contributed by atoms with Crippen molar-refractivity contribution < 1.29 is 30.0 Å².